The lowest BCUT2D eigenvalue weighted by atomic mass is 9.66. The van der Waals surface area contributed by atoms with Crippen molar-refractivity contribution >= 4 is 10.9 Å². The number of ether oxygens (including phenoxy) is 1. The Morgan fingerprint density at radius 3 is 1.61 bits per heavy atom. The minimum absolute atomic E-state index is 0.498. The van der Waals surface area contributed by atoms with Gasteiger partial charge in [-0.3, -0.25) is 0 Å². The Bertz CT molecular complexity index is 2850. The zero-order valence-electron chi connectivity index (χ0n) is 29.3. The first-order valence-corrected chi connectivity index (χ1v) is 18.4. The van der Waals surface area contributed by atoms with Crippen molar-refractivity contribution in [2.45, 2.75) is 5.41 Å². The molecule has 1 aliphatic heterocycles. The molecular weight excluding hydrogens is 657 g/mol. The van der Waals surface area contributed by atoms with Crippen molar-refractivity contribution in [1.29, 1.82) is 0 Å². The third-order valence-electron chi connectivity index (χ3n) is 11.2. The van der Waals surface area contributed by atoms with Crippen molar-refractivity contribution in [3.05, 3.63) is 216 Å². The van der Waals surface area contributed by atoms with E-state index in [-0.39, 0.29) is 0 Å². The molecule has 3 heteroatoms. The van der Waals surface area contributed by atoms with Gasteiger partial charge in [-0.2, -0.15) is 0 Å². The largest absolute Gasteiger partial charge is 0.457 e. The number of nitrogens with zero attached hydrogens (tertiary/aromatic N) is 2. The van der Waals surface area contributed by atoms with E-state index in [1.807, 2.05) is 12.1 Å². The molecule has 0 N–H and O–H groups in total. The summed E-state index contributed by atoms with van der Waals surface area (Å²) in [4.78, 5) is 10.2. The van der Waals surface area contributed by atoms with Gasteiger partial charge in [-0.1, -0.05) is 170 Å². The standard InChI is InChI=1S/C51H32N2O/c1-2-12-33(13-3-1)34-22-26-36(27-23-34)49-41-16-6-10-20-46(41)52-50(53-49)37-28-24-35(25-29-37)38-30-31-48-45(32-38)51(44-19-9-11-21-47(44)54-48)42-17-7-4-14-39(42)40-15-5-8-18-43(40)51/h1-32H. The van der Waals surface area contributed by atoms with Gasteiger partial charge in [0, 0.05) is 27.6 Å². The molecule has 9 aromatic rings. The van der Waals surface area contributed by atoms with Gasteiger partial charge in [0.05, 0.1) is 16.6 Å². The van der Waals surface area contributed by atoms with Crippen LogP contribution in [0.4, 0.5) is 0 Å². The fraction of sp³-hybridized carbons (Fsp3) is 0.0196. The molecule has 0 unspecified atom stereocenters. The molecule has 0 radical (unpaired) electrons. The Labute approximate surface area is 313 Å². The molecule has 2 aliphatic rings. The maximum Gasteiger partial charge on any atom is 0.160 e. The van der Waals surface area contributed by atoms with E-state index >= 15 is 0 Å². The molecule has 54 heavy (non-hydrogen) atoms. The number of para-hydroxylation sites is 2. The quantitative estimate of drug-likeness (QED) is 0.185. The number of hydrogen-bond donors (Lipinski definition) is 0. The molecule has 2 heterocycles. The summed E-state index contributed by atoms with van der Waals surface area (Å²) >= 11 is 0. The lowest BCUT2D eigenvalue weighted by Gasteiger charge is -2.39. The zero-order chi connectivity index (χ0) is 35.6. The monoisotopic (exact) mass is 688 g/mol. The minimum Gasteiger partial charge on any atom is -0.457 e. The number of fused-ring (bicyclic) bond motifs is 10. The van der Waals surface area contributed by atoms with Gasteiger partial charge in [-0.15, -0.1) is 0 Å². The molecule has 8 aromatic carbocycles. The van der Waals surface area contributed by atoms with Crippen LogP contribution >= 0.6 is 0 Å². The number of hydrogen-bond acceptors (Lipinski definition) is 3. The van der Waals surface area contributed by atoms with Crippen molar-refractivity contribution in [2.24, 2.45) is 0 Å². The van der Waals surface area contributed by atoms with Crippen molar-refractivity contribution in [3.8, 4) is 67.5 Å². The Balaban J connectivity index is 1.01. The second kappa shape index (κ2) is 12.0. The minimum atomic E-state index is -0.498. The van der Waals surface area contributed by atoms with Gasteiger partial charge >= 0.3 is 0 Å². The van der Waals surface area contributed by atoms with E-state index in [4.69, 9.17) is 14.7 Å². The molecular formula is C51H32N2O. The van der Waals surface area contributed by atoms with E-state index in [2.05, 4.69) is 182 Å². The van der Waals surface area contributed by atoms with Gasteiger partial charge in [0.1, 0.15) is 11.5 Å². The maximum atomic E-state index is 6.66. The molecule has 11 rings (SSSR count). The van der Waals surface area contributed by atoms with Crippen LogP contribution < -0.4 is 4.74 Å². The van der Waals surface area contributed by atoms with Crippen LogP contribution in [-0.2, 0) is 5.41 Å². The van der Waals surface area contributed by atoms with Crippen LogP contribution in [0.15, 0.2) is 194 Å². The number of rotatable bonds is 4. The second-order valence-corrected chi connectivity index (χ2v) is 14.1. The molecule has 252 valence electrons. The van der Waals surface area contributed by atoms with Gasteiger partial charge in [0.15, 0.2) is 5.82 Å². The average Bonchev–Trinajstić information content (AvgIpc) is 3.54. The first kappa shape index (κ1) is 30.5. The zero-order valence-corrected chi connectivity index (χ0v) is 29.3. The molecule has 0 atom stereocenters. The van der Waals surface area contributed by atoms with Crippen molar-refractivity contribution in [1.82, 2.24) is 9.97 Å². The fourth-order valence-corrected chi connectivity index (χ4v) is 8.72. The van der Waals surface area contributed by atoms with Gasteiger partial charge in [-0.05, 0) is 68.8 Å². The lowest BCUT2D eigenvalue weighted by molar-refractivity contribution is 0.436. The highest BCUT2D eigenvalue weighted by molar-refractivity contribution is 5.94. The van der Waals surface area contributed by atoms with E-state index in [0.717, 1.165) is 55.9 Å². The smallest absolute Gasteiger partial charge is 0.160 e. The third kappa shape index (κ3) is 4.55. The van der Waals surface area contributed by atoms with E-state index in [1.165, 1.54) is 38.9 Å². The molecule has 1 aliphatic carbocycles. The molecule has 0 fully saturated rings. The summed E-state index contributed by atoms with van der Waals surface area (Å²) in [5.74, 6) is 2.49. The molecule has 0 saturated carbocycles. The van der Waals surface area contributed by atoms with Crippen LogP contribution in [0.25, 0.3) is 66.9 Å². The summed E-state index contributed by atoms with van der Waals surface area (Å²) in [6, 6.07) is 68.9. The molecule has 3 nitrogen and oxygen atoms in total. The summed E-state index contributed by atoms with van der Waals surface area (Å²) in [6.45, 7) is 0. The first-order chi connectivity index (χ1) is 26.8. The van der Waals surface area contributed by atoms with Crippen LogP contribution in [0.3, 0.4) is 0 Å². The highest BCUT2D eigenvalue weighted by Gasteiger charge is 2.50. The summed E-state index contributed by atoms with van der Waals surface area (Å²) in [7, 11) is 0. The average molecular weight is 689 g/mol. The Morgan fingerprint density at radius 1 is 0.352 bits per heavy atom. The molecule has 0 saturated heterocycles. The Morgan fingerprint density at radius 2 is 0.870 bits per heavy atom. The van der Waals surface area contributed by atoms with Crippen LogP contribution in [0.2, 0.25) is 0 Å². The van der Waals surface area contributed by atoms with Crippen LogP contribution in [0.1, 0.15) is 22.3 Å². The number of aromatic nitrogens is 2. The Hall–Kier alpha value is -7.10. The van der Waals surface area contributed by atoms with Gasteiger partial charge < -0.3 is 4.74 Å². The van der Waals surface area contributed by atoms with Crippen LogP contribution in [0.5, 0.6) is 11.5 Å². The summed E-state index contributed by atoms with van der Waals surface area (Å²) in [5, 5.41) is 1.03. The molecule has 0 bridgehead atoms. The molecule has 1 aromatic heterocycles. The first-order valence-electron chi connectivity index (χ1n) is 18.4. The SMILES string of the molecule is c1ccc(-c2ccc(-c3nc(-c4ccc(-c5ccc6c(c5)C5(c7ccccc7O6)c6ccccc6-c6ccccc65)cc4)nc4ccccc34)cc2)cc1. The van der Waals surface area contributed by atoms with Crippen LogP contribution in [0, 0.1) is 0 Å². The summed E-state index contributed by atoms with van der Waals surface area (Å²) in [5.41, 5.74) is 15.4. The van der Waals surface area contributed by atoms with E-state index in [1.54, 1.807) is 0 Å². The maximum absolute atomic E-state index is 6.66. The topological polar surface area (TPSA) is 35.0 Å². The van der Waals surface area contributed by atoms with Gasteiger partial charge in [0.2, 0.25) is 0 Å². The van der Waals surface area contributed by atoms with E-state index in [0.29, 0.717) is 5.82 Å². The lowest BCUT2D eigenvalue weighted by Crippen LogP contribution is -2.32. The highest BCUT2D eigenvalue weighted by atomic mass is 16.5. The predicted octanol–water partition coefficient (Wildman–Crippen LogP) is 12.8. The van der Waals surface area contributed by atoms with Gasteiger partial charge in [-0.25, -0.2) is 9.97 Å². The number of benzene rings is 8. The van der Waals surface area contributed by atoms with Gasteiger partial charge in [0.25, 0.3) is 0 Å². The van der Waals surface area contributed by atoms with Crippen molar-refractivity contribution in [2.75, 3.05) is 0 Å². The van der Waals surface area contributed by atoms with E-state index < -0.39 is 5.41 Å². The highest BCUT2D eigenvalue weighted by Crippen LogP contribution is 2.62. The van der Waals surface area contributed by atoms with Crippen molar-refractivity contribution < 1.29 is 4.74 Å². The molecule has 1 spiro atoms. The normalized spacial score (nSPS) is 13.1. The van der Waals surface area contributed by atoms with Crippen LogP contribution in [-0.4, -0.2) is 9.97 Å². The summed E-state index contributed by atoms with van der Waals surface area (Å²) < 4.78 is 6.66. The second-order valence-electron chi connectivity index (χ2n) is 14.1. The summed E-state index contributed by atoms with van der Waals surface area (Å²) in [6.07, 6.45) is 0. The predicted molar refractivity (Wildman–Crippen MR) is 219 cm³/mol. The van der Waals surface area contributed by atoms with E-state index in [9.17, 15) is 0 Å². The third-order valence-corrected chi connectivity index (χ3v) is 11.2. The molecule has 0 amide bonds. The van der Waals surface area contributed by atoms with Crippen molar-refractivity contribution in [3.63, 3.8) is 0 Å². The fourth-order valence-electron chi connectivity index (χ4n) is 8.72. The Kier molecular flexibility index (Phi) is 6.77.